The van der Waals surface area contributed by atoms with Gasteiger partial charge in [0.15, 0.2) is 0 Å². The van der Waals surface area contributed by atoms with Gasteiger partial charge in [0.05, 0.1) is 12.6 Å². The molecule has 2 aromatic carbocycles. The van der Waals surface area contributed by atoms with Crippen molar-refractivity contribution in [3.8, 4) is 18.0 Å². The average Bonchev–Trinajstić information content (AvgIpc) is 2.78. The number of nitriles is 1. The molecular weight excluding hydrogens is 408 g/mol. The van der Waals surface area contributed by atoms with Crippen LogP contribution in [0.15, 0.2) is 60.7 Å². The van der Waals surface area contributed by atoms with Crippen LogP contribution in [-0.4, -0.2) is 24.6 Å². The van der Waals surface area contributed by atoms with Crippen molar-refractivity contribution in [2.75, 3.05) is 13.1 Å². The Hall–Kier alpha value is -3.72. The van der Waals surface area contributed by atoms with Crippen molar-refractivity contribution in [2.45, 2.75) is 13.2 Å². The molecular formula is C21H23ClN4O4. The van der Waals surface area contributed by atoms with Crippen LogP contribution in [0, 0.1) is 23.3 Å². The Morgan fingerprint density at radius 2 is 1.47 bits per heavy atom. The third-order valence-corrected chi connectivity index (χ3v) is 3.03. The topological polar surface area (TPSA) is 140 Å². The number of hydrogen-bond acceptors (Lipinski definition) is 7. The number of carbonyl (C=O) groups excluding carboxylic acids is 2. The van der Waals surface area contributed by atoms with E-state index in [-0.39, 0.29) is 19.8 Å². The first kappa shape index (κ1) is 26.3. The van der Waals surface area contributed by atoms with Gasteiger partial charge < -0.3 is 26.3 Å². The molecule has 0 aromatic heterocycles. The zero-order valence-electron chi connectivity index (χ0n) is 16.2. The number of ether oxygens (including phenoxy) is 2. The van der Waals surface area contributed by atoms with Crippen LogP contribution in [-0.2, 0) is 22.7 Å². The molecule has 0 fully saturated rings. The summed E-state index contributed by atoms with van der Waals surface area (Å²) in [4.78, 5) is 21.1. The molecule has 0 atom stereocenters. The number of hydrogen-bond donors (Lipinski definition) is 3. The van der Waals surface area contributed by atoms with Crippen molar-refractivity contribution >= 4 is 23.1 Å². The minimum absolute atomic E-state index is 0.0341. The molecule has 5 N–H and O–H groups in total. The lowest BCUT2D eigenvalue weighted by Crippen LogP contribution is -2.24. The van der Waals surface area contributed by atoms with Crippen molar-refractivity contribution in [3.05, 3.63) is 71.8 Å². The van der Waals surface area contributed by atoms with Crippen LogP contribution in [0.3, 0.4) is 0 Å². The lowest BCUT2D eigenvalue weighted by molar-refractivity contribution is 0.141. The minimum Gasteiger partial charge on any atom is -0.449 e. The Morgan fingerprint density at radius 1 is 0.967 bits per heavy atom. The maximum absolute atomic E-state index is 10.9. The maximum atomic E-state index is 10.9. The molecule has 30 heavy (non-hydrogen) atoms. The highest BCUT2D eigenvalue weighted by molar-refractivity contribution is 6.61. The molecule has 158 valence electrons. The molecule has 0 spiro atoms. The fourth-order valence-electron chi connectivity index (χ4n) is 1.66. The van der Waals surface area contributed by atoms with E-state index in [1.165, 1.54) is 0 Å². The van der Waals surface area contributed by atoms with Gasteiger partial charge in [-0.3, -0.25) is 0 Å². The van der Waals surface area contributed by atoms with Gasteiger partial charge in [-0.1, -0.05) is 66.6 Å². The van der Waals surface area contributed by atoms with Crippen LogP contribution in [0.25, 0.3) is 0 Å². The van der Waals surface area contributed by atoms with Gasteiger partial charge in [0.25, 0.3) is 0 Å². The van der Waals surface area contributed by atoms with Crippen molar-refractivity contribution in [1.29, 1.82) is 5.26 Å². The first-order valence-electron chi connectivity index (χ1n) is 8.59. The van der Waals surface area contributed by atoms with Crippen LogP contribution >= 0.6 is 11.6 Å². The van der Waals surface area contributed by atoms with E-state index < -0.39 is 11.5 Å². The summed E-state index contributed by atoms with van der Waals surface area (Å²) in [5.74, 6) is 2.42. The summed E-state index contributed by atoms with van der Waals surface area (Å²) in [6, 6.07) is 22.6. The Labute approximate surface area is 180 Å². The monoisotopic (exact) mass is 430 g/mol. The van der Waals surface area contributed by atoms with Crippen molar-refractivity contribution in [3.63, 3.8) is 0 Å². The second-order valence-electron chi connectivity index (χ2n) is 5.11. The number of rotatable bonds is 5. The molecule has 8 nitrogen and oxygen atoms in total. The number of carbonyl (C=O) groups is 2. The summed E-state index contributed by atoms with van der Waals surface area (Å²) < 4.78 is 9.38. The second-order valence-corrected chi connectivity index (χ2v) is 5.42. The smallest absolute Gasteiger partial charge is 0.408 e. The number of nitrogens with one attached hydrogen (secondary N) is 1. The summed E-state index contributed by atoms with van der Waals surface area (Å²) in [6.07, 6.45) is -0.574. The van der Waals surface area contributed by atoms with E-state index in [4.69, 9.17) is 33.1 Å². The lowest BCUT2D eigenvalue weighted by Gasteiger charge is -2.03. The van der Waals surface area contributed by atoms with Gasteiger partial charge in [-0.15, -0.1) is 0 Å². The molecule has 0 heterocycles. The standard InChI is InChI=1S/C10H10N2O2.C8H7ClO2.C3H6N2/c11-6-7-12-10(13)14-8-9-4-2-1-3-5-9;9-8(10)11-6-7-4-2-1-3-5-7;4-2-1-3-5/h1-5H,7-8H2,(H,12,13);1-5H,6H2;2,4-5H2. The molecule has 9 heteroatoms. The van der Waals surface area contributed by atoms with Crippen LogP contribution in [0.5, 0.6) is 0 Å². The van der Waals surface area contributed by atoms with Gasteiger partial charge in [-0.25, -0.2) is 9.59 Å². The third-order valence-electron chi connectivity index (χ3n) is 2.92. The number of amides is 1. The predicted molar refractivity (Wildman–Crippen MR) is 114 cm³/mol. The molecule has 0 bridgehead atoms. The molecule has 0 unspecified atom stereocenters. The maximum Gasteiger partial charge on any atom is 0.408 e. The highest BCUT2D eigenvalue weighted by Crippen LogP contribution is 2.02. The van der Waals surface area contributed by atoms with E-state index in [2.05, 4.69) is 22.0 Å². The van der Waals surface area contributed by atoms with Gasteiger partial charge in [-0.2, -0.15) is 5.26 Å². The fraction of sp³-hybridized carbons (Fsp3) is 0.190. The van der Waals surface area contributed by atoms with Crippen LogP contribution < -0.4 is 16.8 Å². The molecule has 1 amide bonds. The zero-order valence-corrected chi connectivity index (χ0v) is 17.0. The van der Waals surface area contributed by atoms with E-state index in [0.29, 0.717) is 6.54 Å². The van der Waals surface area contributed by atoms with Crippen molar-refractivity contribution in [2.24, 2.45) is 11.5 Å². The largest absolute Gasteiger partial charge is 0.449 e. The molecule has 0 aliphatic carbocycles. The number of nitrogens with zero attached hydrogens (tertiary/aromatic N) is 1. The number of alkyl carbamates (subject to hydrolysis) is 1. The van der Waals surface area contributed by atoms with E-state index in [1.807, 2.05) is 60.7 Å². The number of benzene rings is 2. The van der Waals surface area contributed by atoms with Crippen LogP contribution in [0.1, 0.15) is 11.1 Å². The first-order chi connectivity index (χ1) is 14.5. The van der Waals surface area contributed by atoms with E-state index >= 15 is 0 Å². The highest BCUT2D eigenvalue weighted by atomic mass is 35.5. The molecule has 0 aliphatic heterocycles. The predicted octanol–water partition coefficient (Wildman–Crippen LogP) is 2.86. The fourth-order valence-corrected chi connectivity index (χ4v) is 1.71. The van der Waals surface area contributed by atoms with Gasteiger partial charge in [0.2, 0.25) is 0 Å². The van der Waals surface area contributed by atoms with Crippen molar-refractivity contribution < 1.29 is 19.1 Å². The summed E-state index contributed by atoms with van der Waals surface area (Å²) in [5.41, 5.74) is 10.7. The quantitative estimate of drug-likeness (QED) is 0.286. The summed E-state index contributed by atoms with van der Waals surface area (Å²) >= 11 is 4.97. The summed E-state index contributed by atoms with van der Waals surface area (Å²) in [5, 5.41) is 10.5. The zero-order chi connectivity index (χ0) is 22.5. The van der Waals surface area contributed by atoms with E-state index in [9.17, 15) is 9.59 Å². The number of halogens is 1. The SMILES string of the molecule is N#CCNC(=O)OCc1ccccc1.NC#CCN.O=C(Cl)OCc1ccccc1. The molecule has 2 aromatic rings. The Bertz CT molecular complexity index is 831. The molecule has 0 aliphatic rings. The van der Waals surface area contributed by atoms with Gasteiger partial charge in [0.1, 0.15) is 19.8 Å². The van der Waals surface area contributed by atoms with Gasteiger partial charge >= 0.3 is 11.5 Å². The highest BCUT2D eigenvalue weighted by Gasteiger charge is 2.00. The molecule has 2 rings (SSSR count). The second kappa shape index (κ2) is 18.6. The minimum atomic E-state index is -0.770. The van der Waals surface area contributed by atoms with E-state index in [1.54, 1.807) is 6.07 Å². The van der Waals surface area contributed by atoms with Crippen LogP contribution in [0.4, 0.5) is 9.59 Å². The van der Waals surface area contributed by atoms with Gasteiger partial charge in [0, 0.05) is 17.6 Å². The summed E-state index contributed by atoms with van der Waals surface area (Å²) in [6.45, 7) is 0.783. The van der Waals surface area contributed by atoms with Crippen molar-refractivity contribution in [1.82, 2.24) is 5.32 Å². The molecule has 0 saturated heterocycles. The Balaban J connectivity index is 0.000000468. The van der Waals surface area contributed by atoms with Crippen LogP contribution in [0.2, 0.25) is 0 Å². The first-order valence-corrected chi connectivity index (χ1v) is 8.97. The molecule has 0 saturated carbocycles. The molecule has 0 radical (unpaired) electrons. The Morgan fingerprint density at radius 3 is 1.83 bits per heavy atom. The summed E-state index contributed by atoms with van der Waals surface area (Å²) in [7, 11) is 0. The third kappa shape index (κ3) is 16.5. The number of nitrogens with two attached hydrogens (primary N) is 2. The normalized spacial score (nSPS) is 8.30. The average molecular weight is 431 g/mol. The van der Waals surface area contributed by atoms with Gasteiger partial charge in [-0.05, 0) is 11.1 Å². The lowest BCUT2D eigenvalue weighted by atomic mass is 10.2. The van der Waals surface area contributed by atoms with E-state index in [0.717, 1.165) is 11.1 Å². The Kier molecular flexibility index (Phi) is 16.3.